The number of hydrogen-bond donors (Lipinski definition) is 1. The molecule has 10 heteroatoms. The largest absolute Gasteiger partial charge is 0.493 e. The van der Waals surface area contributed by atoms with E-state index in [1.807, 2.05) is 44.2 Å². The summed E-state index contributed by atoms with van der Waals surface area (Å²) in [4.78, 5) is 39.4. The highest BCUT2D eigenvalue weighted by molar-refractivity contribution is 14.1. The lowest BCUT2D eigenvalue weighted by atomic mass is 10.1. The van der Waals surface area contributed by atoms with E-state index < -0.39 is 17.1 Å². The Morgan fingerprint density at radius 1 is 1.13 bits per heavy atom. The lowest BCUT2D eigenvalue weighted by Gasteiger charge is -2.15. The van der Waals surface area contributed by atoms with Crippen LogP contribution < -0.4 is 14.8 Å². The molecule has 8 nitrogen and oxygen atoms in total. The average molecular weight is 653 g/mol. The van der Waals surface area contributed by atoms with Crippen LogP contribution >= 0.6 is 34.4 Å². The Kier molecular flexibility index (Phi) is 8.93. The molecule has 4 rings (SSSR count). The van der Waals surface area contributed by atoms with E-state index in [9.17, 15) is 19.6 Å². The van der Waals surface area contributed by atoms with Gasteiger partial charge in [0.1, 0.15) is 13.2 Å². The van der Waals surface area contributed by atoms with E-state index in [0.29, 0.717) is 28.3 Å². The summed E-state index contributed by atoms with van der Waals surface area (Å²) in [5, 5.41) is 11.6. The van der Waals surface area contributed by atoms with E-state index >= 15 is 0 Å². The molecule has 1 N–H and O–H groups in total. The zero-order valence-corrected chi connectivity index (χ0v) is 24.4. The number of carbonyl (C=O) groups excluding carboxylic acids is 3. The molecule has 1 aliphatic heterocycles. The number of methoxy groups -OCH3 is 1. The van der Waals surface area contributed by atoms with Gasteiger partial charge in [0, 0.05) is 11.3 Å². The van der Waals surface area contributed by atoms with Gasteiger partial charge in [0.2, 0.25) is 5.91 Å². The molecule has 39 heavy (non-hydrogen) atoms. The minimum Gasteiger partial charge on any atom is -0.493 e. The SMILES string of the molecule is COc1cc(/C=C2/SC(=O)N(CC(=O)Nc3c(C)cccc3C)C2=O)cc(I)c1OCc1ccccc1C#N. The van der Waals surface area contributed by atoms with Crippen LogP contribution in [-0.2, 0) is 16.2 Å². The summed E-state index contributed by atoms with van der Waals surface area (Å²) in [6, 6.07) is 18.5. The van der Waals surface area contributed by atoms with Crippen molar-refractivity contribution in [2.45, 2.75) is 20.5 Å². The van der Waals surface area contributed by atoms with Gasteiger partial charge < -0.3 is 14.8 Å². The molecule has 0 bridgehead atoms. The van der Waals surface area contributed by atoms with Gasteiger partial charge in [0.15, 0.2) is 11.5 Å². The van der Waals surface area contributed by atoms with Crippen LogP contribution in [0.3, 0.4) is 0 Å². The molecule has 198 valence electrons. The number of nitrogens with one attached hydrogen (secondary N) is 1. The summed E-state index contributed by atoms with van der Waals surface area (Å²) in [7, 11) is 1.51. The van der Waals surface area contributed by atoms with E-state index in [4.69, 9.17) is 9.47 Å². The molecule has 0 spiro atoms. The summed E-state index contributed by atoms with van der Waals surface area (Å²) in [6.07, 6.45) is 1.59. The first-order chi connectivity index (χ1) is 18.7. The summed E-state index contributed by atoms with van der Waals surface area (Å²) < 4.78 is 12.2. The number of hydrogen-bond acceptors (Lipinski definition) is 7. The second-order valence-electron chi connectivity index (χ2n) is 8.67. The van der Waals surface area contributed by atoms with Crippen molar-refractivity contribution in [3.8, 4) is 17.6 Å². The quantitative estimate of drug-likeness (QED) is 0.233. The highest BCUT2D eigenvalue weighted by Gasteiger charge is 2.36. The van der Waals surface area contributed by atoms with Crippen LogP contribution in [0.4, 0.5) is 10.5 Å². The van der Waals surface area contributed by atoms with Crippen molar-refractivity contribution < 1.29 is 23.9 Å². The normalized spacial score (nSPS) is 13.9. The van der Waals surface area contributed by atoms with Gasteiger partial charge in [0.05, 0.1) is 27.2 Å². The lowest BCUT2D eigenvalue weighted by molar-refractivity contribution is -0.127. The van der Waals surface area contributed by atoms with Gasteiger partial charge in [-0.3, -0.25) is 19.3 Å². The number of thioether (sulfide) groups is 1. The van der Waals surface area contributed by atoms with Crippen molar-refractivity contribution in [1.29, 1.82) is 5.26 Å². The fourth-order valence-corrected chi connectivity index (χ4v) is 5.61. The number of nitriles is 1. The maximum atomic E-state index is 13.0. The van der Waals surface area contributed by atoms with Crippen LogP contribution in [0.2, 0.25) is 0 Å². The van der Waals surface area contributed by atoms with E-state index in [1.54, 1.807) is 30.3 Å². The summed E-state index contributed by atoms with van der Waals surface area (Å²) in [5.41, 5.74) is 4.36. The van der Waals surface area contributed by atoms with Crippen molar-refractivity contribution in [3.05, 3.63) is 90.9 Å². The van der Waals surface area contributed by atoms with Crippen LogP contribution in [0, 0.1) is 28.7 Å². The molecule has 1 fully saturated rings. The molecule has 0 atom stereocenters. The summed E-state index contributed by atoms with van der Waals surface area (Å²) in [6.45, 7) is 3.55. The van der Waals surface area contributed by atoms with Gasteiger partial charge in [-0.05, 0) is 89.2 Å². The van der Waals surface area contributed by atoms with Crippen LogP contribution in [0.25, 0.3) is 6.08 Å². The average Bonchev–Trinajstić information content (AvgIpc) is 3.17. The Hall–Kier alpha value is -3.82. The maximum absolute atomic E-state index is 13.0. The number of halogens is 1. The molecule has 3 aromatic rings. The predicted molar refractivity (Wildman–Crippen MR) is 158 cm³/mol. The predicted octanol–water partition coefficient (Wildman–Crippen LogP) is 6.04. The Morgan fingerprint density at radius 3 is 2.54 bits per heavy atom. The molecular formula is C29H24IN3O5S. The number of rotatable bonds is 8. The van der Waals surface area contributed by atoms with Gasteiger partial charge in [-0.15, -0.1) is 0 Å². The number of amides is 3. The number of carbonyl (C=O) groups is 3. The van der Waals surface area contributed by atoms with Crippen LogP contribution in [0.1, 0.15) is 27.8 Å². The Bertz CT molecular complexity index is 1530. The van der Waals surface area contributed by atoms with Crippen LogP contribution in [0.5, 0.6) is 11.5 Å². The highest BCUT2D eigenvalue weighted by atomic mass is 127. The zero-order chi connectivity index (χ0) is 28.1. The molecule has 0 aromatic heterocycles. The first kappa shape index (κ1) is 28.2. The number of aryl methyl sites for hydroxylation is 2. The van der Waals surface area contributed by atoms with E-state index in [0.717, 1.165) is 36.9 Å². The maximum Gasteiger partial charge on any atom is 0.294 e. The molecule has 3 aromatic carbocycles. The molecule has 1 aliphatic rings. The van der Waals surface area contributed by atoms with Gasteiger partial charge in [0.25, 0.3) is 11.1 Å². The third-order valence-corrected chi connectivity index (χ3v) is 7.69. The van der Waals surface area contributed by atoms with Crippen molar-refractivity contribution in [1.82, 2.24) is 4.90 Å². The van der Waals surface area contributed by atoms with Crippen LogP contribution in [0.15, 0.2) is 59.5 Å². The second-order valence-corrected chi connectivity index (χ2v) is 10.8. The highest BCUT2D eigenvalue weighted by Crippen LogP contribution is 2.38. The fraction of sp³-hybridized carbons (Fsp3) is 0.172. The smallest absolute Gasteiger partial charge is 0.294 e. The Labute approximate surface area is 244 Å². The van der Waals surface area contributed by atoms with Gasteiger partial charge in [-0.25, -0.2) is 0 Å². The number of nitrogens with zero attached hydrogens (tertiary/aromatic N) is 2. The molecule has 1 saturated heterocycles. The third kappa shape index (κ3) is 6.43. The number of ether oxygens (including phenoxy) is 2. The van der Waals surface area contributed by atoms with Crippen molar-refractivity contribution in [3.63, 3.8) is 0 Å². The van der Waals surface area contributed by atoms with Crippen molar-refractivity contribution >= 4 is 63.2 Å². The van der Waals surface area contributed by atoms with Crippen LogP contribution in [-0.4, -0.2) is 35.6 Å². The monoisotopic (exact) mass is 653 g/mol. The summed E-state index contributed by atoms with van der Waals surface area (Å²) in [5.74, 6) is -0.0511. The van der Waals surface area contributed by atoms with Gasteiger partial charge in [-0.2, -0.15) is 5.26 Å². The lowest BCUT2D eigenvalue weighted by Crippen LogP contribution is -2.36. The number of benzene rings is 3. The van der Waals surface area contributed by atoms with Crippen molar-refractivity contribution in [2.24, 2.45) is 0 Å². The molecule has 1 heterocycles. The number of anilines is 1. The Balaban J connectivity index is 1.49. The van der Waals surface area contributed by atoms with Gasteiger partial charge in [-0.1, -0.05) is 36.4 Å². The van der Waals surface area contributed by atoms with Crippen molar-refractivity contribution in [2.75, 3.05) is 19.0 Å². The molecule has 0 aliphatic carbocycles. The molecule has 0 saturated carbocycles. The summed E-state index contributed by atoms with van der Waals surface area (Å²) >= 11 is 2.89. The first-order valence-electron chi connectivity index (χ1n) is 11.8. The second kappa shape index (κ2) is 12.4. The minimum absolute atomic E-state index is 0.179. The molecule has 3 amide bonds. The van der Waals surface area contributed by atoms with Gasteiger partial charge >= 0.3 is 0 Å². The number of para-hydroxylation sites is 1. The first-order valence-corrected chi connectivity index (χ1v) is 13.7. The number of imide groups is 1. The Morgan fingerprint density at radius 2 is 1.85 bits per heavy atom. The topological polar surface area (TPSA) is 109 Å². The van der Waals surface area contributed by atoms with E-state index in [1.165, 1.54) is 7.11 Å². The van der Waals surface area contributed by atoms with E-state index in [-0.39, 0.29) is 18.1 Å². The molecule has 0 unspecified atom stereocenters. The molecular weight excluding hydrogens is 629 g/mol. The van der Waals surface area contributed by atoms with E-state index in [2.05, 4.69) is 34.0 Å². The zero-order valence-electron chi connectivity index (χ0n) is 21.4. The minimum atomic E-state index is -0.538. The third-order valence-electron chi connectivity index (χ3n) is 5.98. The molecule has 0 radical (unpaired) electrons. The fourth-order valence-electron chi connectivity index (χ4n) is 3.99. The standard InChI is InChI=1S/C29H24IN3O5S/c1-17-7-6-8-18(2)26(17)32-25(34)15-33-28(35)24(39-29(33)36)13-19-11-22(30)27(23(12-19)37-3)38-16-21-10-5-4-9-20(21)14-31/h4-13H,15-16H2,1-3H3,(H,32,34)/b24-13+.